The minimum absolute atomic E-state index is 0.264. The third-order valence-corrected chi connectivity index (χ3v) is 2.67. The highest BCUT2D eigenvalue weighted by Gasteiger charge is 2.16. The Hall–Kier alpha value is -1.93. The SMILES string of the molecule is [CH2]C(C=O)OC(c1ccccc1)c1ccccc1. The number of rotatable bonds is 5. The van der Waals surface area contributed by atoms with Crippen molar-refractivity contribution in [2.45, 2.75) is 12.2 Å². The van der Waals surface area contributed by atoms with Gasteiger partial charge in [-0.1, -0.05) is 60.7 Å². The van der Waals surface area contributed by atoms with Gasteiger partial charge in [-0.05, 0) is 18.1 Å². The zero-order valence-corrected chi connectivity index (χ0v) is 10.0. The van der Waals surface area contributed by atoms with E-state index in [1.165, 1.54) is 0 Å². The number of hydrogen-bond donors (Lipinski definition) is 0. The summed E-state index contributed by atoms with van der Waals surface area (Å²) in [6, 6.07) is 19.6. The van der Waals surface area contributed by atoms with Crippen molar-refractivity contribution in [3.8, 4) is 0 Å². The Morgan fingerprint density at radius 2 is 1.33 bits per heavy atom. The van der Waals surface area contributed by atoms with Gasteiger partial charge in [-0.25, -0.2) is 0 Å². The smallest absolute Gasteiger partial charge is 0.148 e. The summed E-state index contributed by atoms with van der Waals surface area (Å²) in [4.78, 5) is 10.7. The fraction of sp³-hybridized carbons (Fsp3) is 0.125. The molecule has 0 bridgehead atoms. The lowest BCUT2D eigenvalue weighted by molar-refractivity contribution is -0.117. The van der Waals surface area contributed by atoms with Crippen molar-refractivity contribution >= 4 is 6.29 Å². The van der Waals surface area contributed by atoms with Crippen molar-refractivity contribution in [1.29, 1.82) is 0 Å². The lowest BCUT2D eigenvalue weighted by Gasteiger charge is -2.20. The number of hydrogen-bond acceptors (Lipinski definition) is 2. The molecule has 0 saturated carbocycles. The maximum atomic E-state index is 10.7. The Labute approximate surface area is 107 Å². The number of ether oxygens (including phenoxy) is 1. The van der Waals surface area contributed by atoms with Gasteiger partial charge in [-0.2, -0.15) is 0 Å². The van der Waals surface area contributed by atoms with E-state index >= 15 is 0 Å². The van der Waals surface area contributed by atoms with Crippen LogP contribution >= 0.6 is 0 Å². The molecule has 0 fully saturated rings. The zero-order chi connectivity index (χ0) is 12.8. The molecule has 1 unspecified atom stereocenters. The van der Waals surface area contributed by atoms with Crippen LogP contribution in [0.4, 0.5) is 0 Å². The van der Waals surface area contributed by atoms with Crippen molar-refractivity contribution in [1.82, 2.24) is 0 Å². The van der Waals surface area contributed by atoms with Gasteiger partial charge in [-0.15, -0.1) is 0 Å². The Morgan fingerprint density at radius 3 is 1.72 bits per heavy atom. The molecule has 2 aromatic rings. The van der Waals surface area contributed by atoms with E-state index in [9.17, 15) is 4.79 Å². The molecule has 18 heavy (non-hydrogen) atoms. The Bertz CT molecular complexity index is 439. The molecule has 0 heterocycles. The lowest BCUT2D eigenvalue weighted by atomic mass is 10.0. The van der Waals surface area contributed by atoms with Crippen LogP contribution in [0.2, 0.25) is 0 Å². The molecule has 0 amide bonds. The van der Waals surface area contributed by atoms with Gasteiger partial charge < -0.3 is 9.53 Å². The second-order valence-corrected chi connectivity index (χ2v) is 4.01. The van der Waals surface area contributed by atoms with E-state index < -0.39 is 6.10 Å². The van der Waals surface area contributed by atoms with Crippen molar-refractivity contribution in [2.75, 3.05) is 0 Å². The standard InChI is InChI=1S/C16H15O2/c1-13(12-17)18-16(14-8-4-2-5-9-14)15-10-6-3-7-11-15/h2-13,16H,1H2. The second kappa shape index (κ2) is 6.12. The summed E-state index contributed by atoms with van der Waals surface area (Å²) in [5, 5.41) is 0. The molecule has 1 atom stereocenters. The largest absolute Gasteiger partial charge is 0.358 e. The molecule has 2 nitrogen and oxygen atoms in total. The first kappa shape index (κ1) is 12.5. The van der Waals surface area contributed by atoms with E-state index in [0.717, 1.165) is 11.1 Å². The second-order valence-electron chi connectivity index (χ2n) is 4.01. The van der Waals surface area contributed by atoms with Gasteiger partial charge in [0.2, 0.25) is 0 Å². The van der Waals surface area contributed by atoms with Gasteiger partial charge in [0.25, 0.3) is 0 Å². The maximum Gasteiger partial charge on any atom is 0.148 e. The summed E-state index contributed by atoms with van der Waals surface area (Å²) in [5.74, 6) is 0. The highest BCUT2D eigenvalue weighted by atomic mass is 16.5. The first-order valence-corrected chi connectivity index (χ1v) is 5.85. The molecule has 0 N–H and O–H groups in total. The predicted molar refractivity (Wildman–Crippen MR) is 71.0 cm³/mol. The number of carbonyl (C=O) groups excluding carboxylic acids is 1. The third-order valence-electron chi connectivity index (χ3n) is 2.67. The molecular weight excluding hydrogens is 224 g/mol. The Balaban J connectivity index is 2.32. The molecule has 2 aromatic carbocycles. The molecule has 0 aromatic heterocycles. The van der Waals surface area contributed by atoms with Crippen LogP contribution in [0, 0.1) is 6.92 Å². The molecule has 0 aliphatic carbocycles. The van der Waals surface area contributed by atoms with Crippen molar-refractivity contribution in [2.24, 2.45) is 0 Å². The van der Waals surface area contributed by atoms with E-state index in [2.05, 4.69) is 6.92 Å². The zero-order valence-electron chi connectivity index (χ0n) is 10.0. The van der Waals surface area contributed by atoms with Crippen LogP contribution in [0.1, 0.15) is 17.2 Å². The monoisotopic (exact) mass is 239 g/mol. The topological polar surface area (TPSA) is 26.3 Å². The quantitative estimate of drug-likeness (QED) is 0.749. The third kappa shape index (κ3) is 3.05. The van der Waals surface area contributed by atoms with E-state index in [1.54, 1.807) is 0 Å². The first-order chi connectivity index (χ1) is 8.81. The maximum absolute atomic E-state index is 10.7. The van der Waals surface area contributed by atoms with Crippen LogP contribution in [0.25, 0.3) is 0 Å². The molecule has 0 spiro atoms. The summed E-state index contributed by atoms with van der Waals surface area (Å²) in [7, 11) is 0. The first-order valence-electron chi connectivity index (χ1n) is 5.85. The van der Waals surface area contributed by atoms with Gasteiger partial charge in [0.1, 0.15) is 18.5 Å². The average Bonchev–Trinajstić information content (AvgIpc) is 2.46. The molecule has 91 valence electrons. The van der Waals surface area contributed by atoms with Crippen LogP contribution in [0.3, 0.4) is 0 Å². The average molecular weight is 239 g/mol. The van der Waals surface area contributed by atoms with Crippen LogP contribution < -0.4 is 0 Å². The van der Waals surface area contributed by atoms with Crippen molar-refractivity contribution < 1.29 is 9.53 Å². The summed E-state index contributed by atoms with van der Waals surface area (Å²) < 4.78 is 5.69. The summed E-state index contributed by atoms with van der Waals surface area (Å²) in [5.41, 5.74) is 2.03. The van der Waals surface area contributed by atoms with Crippen LogP contribution in [0.5, 0.6) is 0 Å². The van der Waals surface area contributed by atoms with Crippen LogP contribution in [0.15, 0.2) is 60.7 Å². The lowest BCUT2D eigenvalue weighted by Crippen LogP contribution is -2.16. The molecule has 0 saturated heterocycles. The summed E-state index contributed by atoms with van der Waals surface area (Å²) in [6.45, 7) is 3.66. The van der Waals surface area contributed by atoms with E-state index in [-0.39, 0.29) is 6.10 Å². The fourth-order valence-electron chi connectivity index (χ4n) is 1.81. The summed E-state index contributed by atoms with van der Waals surface area (Å²) in [6.07, 6.45) is -0.227. The highest BCUT2D eigenvalue weighted by molar-refractivity contribution is 5.57. The molecule has 2 rings (SSSR count). The number of benzene rings is 2. The molecule has 0 aliphatic heterocycles. The normalized spacial score (nSPS) is 12.3. The Kier molecular flexibility index (Phi) is 4.26. The highest BCUT2D eigenvalue weighted by Crippen LogP contribution is 2.26. The van der Waals surface area contributed by atoms with Gasteiger partial charge in [0.15, 0.2) is 0 Å². The predicted octanol–water partition coefficient (Wildman–Crippen LogP) is 3.19. The molecule has 2 heteroatoms. The van der Waals surface area contributed by atoms with E-state index in [0.29, 0.717) is 6.29 Å². The molecular formula is C16H15O2. The minimum Gasteiger partial charge on any atom is -0.358 e. The van der Waals surface area contributed by atoms with Gasteiger partial charge >= 0.3 is 0 Å². The van der Waals surface area contributed by atoms with Gasteiger partial charge in [0, 0.05) is 0 Å². The van der Waals surface area contributed by atoms with Gasteiger partial charge in [0.05, 0.1) is 0 Å². The summed E-state index contributed by atoms with van der Waals surface area (Å²) >= 11 is 0. The van der Waals surface area contributed by atoms with Crippen molar-refractivity contribution in [3.05, 3.63) is 78.7 Å². The number of aldehydes is 1. The van der Waals surface area contributed by atoms with Crippen LogP contribution in [-0.2, 0) is 9.53 Å². The Morgan fingerprint density at radius 1 is 0.889 bits per heavy atom. The molecule has 1 radical (unpaired) electrons. The van der Waals surface area contributed by atoms with E-state index in [1.807, 2.05) is 60.7 Å². The van der Waals surface area contributed by atoms with E-state index in [4.69, 9.17) is 4.74 Å². The number of carbonyl (C=O) groups is 1. The fourth-order valence-corrected chi connectivity index (χ4v) is 1.81. The van der Waals surface area contributed by atoms with Gasteiger partial charge in [-0.3, -0.25) is 0 Å². The minimum atomic E-state index is -0.671. The molecule has 0 aliphatic rings. The van der Waals surface area contributed by atoms with Crippen molar-refractivity contribution in [3.63, 3.8) is 0 Å². The van der Waals surface area contributed by atoms with Crippen LogP contribution in [-0.4, -0.2) is 12.4 Å².